The molecule has 1 fully saturated rings. The first-order valence-electron chi connectivity index (χ1n) is 10.2. The van der Waals surface area contributed by atoms with Crippen LogP contribution in [0.1, 0.15) is 48.5 Å². The van der Waals surface area contributed by atoms with Gasteiger partial charge in [-0.25, -0.2) is 4.98 Å². The molecule has 0 unspecified atom stereocenters. The van der Waals surface area contributed by atoms with Gasteiger partial charge in [0, 0.05) is 31.3 Å². The second-order valence-corrected chi connectivity index (χ2v) is 8.43. The summed E-state index contributed by atoms with van der Waals surface area (Å²) in [5.41, 5.74) is 1.97. The van der Waals surface area contributed by atoms with Gasteiger partial charge in [0.15, 0.2) is 0 Å². The van der Waals surface area contributed by atoms with E-state index in [2.05, 4.69) is 17.2 Å². The number of likely N-dealkylation sites (tertiary alicyclic amines) is 1. The van der Waals surface area contributed by atoms with Crippen LogP contribution in [0, 0.1) is 12.8 Å². The Hall–Kier alpha value is -2.41. The van der Waals surface area contributed by atoms with Crippen LogP contribution in [-0.2, 0) is 16.0 Å². The van der Waals surface area contributed by atoms with Crippen LogP contribution in [0.4, 0.5) is 0 Å². The van der Waals surface area contributed by atoms with E-state index in [4.69, 9.17) is 4.74 Å². The maximum absolute atomic E-state index is 13.0. The predicted molar refractivity (Wildman–Crippen MR) is 114 cm³/mol. The number of aromatic nitrogens is 1. The van der Waals surface area contributed by atoms with Gasteiger partial charge in [0.1, 0.15) is 5.75 Å². The predicted octanol–water partition coefficient (Wildman–Crippen LogP) is 3.51. The minimum absolute atomic E-state index is 0.0505. The van der Waals surface area contributed by atoms with E-state index in [1.165, 1.54) is 0 Å². The first-order chi connectivity index (χ1) is 14.0. The number of rotatable bonds is 9. The van der Waals surface area contributed by atoms with Crippen molar-refractivity contribution in [3.05, 3.63) is 45.9 Å². The van der Waals surface area contributed by atoms with Crippen LogP contribution in [0.5, 0.6) is 5.75 Å². The molecule has 0 spiro atoms. The standard InChI is InChI=1S/C22H29N3O3S/c1-4-5-12-25-20(26)13-19(21(25)16-6-8-18(28-3)9-7-16)22(27)23-11-10-17-14-29-15(2)24-17/h6-9,14,19,21H,4-5,10-13H2,1-3H3,(H,23,27)/t19-,21+/m1/s1. The number of amides is 2. The molecule has 1 aromatic carbocycles. The number of carbonyl (C=O) groups excluding carboxylic acids is 2. The minimum Gasteiger partial charge on any atom is -0.497 e. The third-order valence-corrected chi connectivity index (χ3v) is 6.15. The van der Waals surface area contributed by atoms with Crippen molar-refractivity contribution in [3.63, 3.8) is 0 Å². The molecule has 2 amide bonds. The number of hydrogen-bond acceptors (Lipinski definition) is 5. The van der Waals surface area contributed by atoms with E-state index in [0.29, 0.717) is 19.5 Å². The molecule has 1 N–H and O–H groups in total. The Balaban J connectivity index is 1.72. The molecule has 6 nitrogen and oxygen atoms in total. The molecule has 0 radical (unpaired) electrons. The minimum atomic E-state index is -0.384. The molecule has 156 valence electrons. The van der Waals surface area contributed by atoms with Crippen molar-refractivity contribution in [2.75, 3.05) is 20.2 Å². The highest BCUT2D eigenvalue weighted by Crippen LogP contribution is 2.39. The number of nitrogens with zero attached hydrogens (tertiary/aromatic N) is 2. The molecule has 3 rings (SSSR count). The van der Waals surface area contributed by atoms with Gasteiger partial charge in [0.2, 0.25) is 11.8 Å². The number of thiazole rings is 1. The van der Waals surface area contributed by atoms with Gasteiger partial charge in [-0.05, 0) is 31.0 Å². The van der Waals surface area contributed by atoms with Crippen LogP contribution in [-0.4, -0.2) is 41.9 Å². The highest BCUT2D eigenvalue weighted by Gasteiger charge is 2.44. The summed E-state index contributed by atoms with van der Waals surface area (Å²) in [4.78, 5) is 32.0. The molecular formula is C22H29N3O3S. The third kappa shape index (κ3) is 5.15. The fourth-order valence-electron chi connectivity index (χ4n) is 3.80. The van der Waals surface area contributed by atoms with E-state index >= 15 is 0 Å². The van der Waals surface area contributed by atoms with Gasteiger partial charge in [-0.3, -0.25) is 9.59 Å². The SMILES string of the molecule is CCCCN1C(=O)C[C@@H](C(=O)NCCc2csc(C)n2)[C@@H]1c1ccc(OC)cc1. The topological polar surface area (TPSA) is 71.5 Å². The van der Waals surface area contributed by atoms with Gasteiger partial charge in [-0.15, -0.1) is 11.3 Å². The number of aryl methyl sites for hydroxylation is 1. The Labute approximate surface area is 176 Å². The average Bonchev–Trinajstić information content (AvgIpc) is 3.29. The summed E-state index contributed by atoms with van der Waals surface area (Å²) < 4.78 is 5.25. The zero-order valence-corrected chi connectivity index (χ0v) is 18.1. The van der Waals surface area contributed by atoms with Crippen molar-refractivity contribution >= 4 is 23.2 Å². The molecule has 2 atom stereocenters. The van der Waals surface area contributed by atoms with Crippen molar-refractivity contribution in [1.29, 1.82) is 0 Å². The van der Waals surface area contributed by atoms with Crippen LogP contribution in [0.3, 0.4) is 0 Å². The number of benzene rings is 1. The summed E-state index contributed by atoms with van der Waals surface area (Å²) in [5.74, 6) is 0.363. The summed E-state index contributed by atoms with van der Waals surface area (Å²) in [5, 5.41) is 6.07. The smallest absolute Gasteiger partial charge is 0.226 e. The van der Waals surface area contributed by atoms with Crippen LogP contribution in [0.25, 0.3) is 0 Å². The third-order valence-electron chi connectivity index (χ3n) is 5.33. The summed E-state index contributed by atoms with van der Waals surface area (Å²) in [6.07, 6.45) is 2.88. The van der Waals surface area contributed by atoms with Crippen molar-refractivity contribution < 1.29 is 14.3 Å². The van der Waals surface area contributed by atoms with Gasteiger partial charge >= 0.3 is 0 Å². The molecule has 0 aliphatic carbocycles. The molecule has 1 aliphatic heterocycles. The van der Waals surface area contributed by atoms with Gasteiger partial charge in [0.25, 0.3) is 0 Å². The second kappa shape index (κ2) is 9.87. The van der Waals surface area contributed by atoms with Crippen molar-refractivity contribution in [2.45, 2.75) is 45.6 Å². The van der Waals surface area contributed by atoms with E-state index in [-0.39, 0.29) is 30.2 Å². The maximum Gasteiger partial charge on any atom is 0.226 e. The fourth-order valence-corrected chi connectivity index (χ4v) is 4.45. The summed E-state index contributed by atoms with van der Waals surface area (Å²) in [6, 6.07) is 7.45. The summed E-state index contributed by atoms with van der Waals surface area (Å²) >= 11 is 1.61. The summed E-state index contributed by atoms with van der Waals surface area (Å²) in [7, 11) is 1.63. The van der Waals surface area contributed by atoms with Crippen LogP contribution >= 0.6 is 11.3 Å². The quantitative estimate of drug-likeness (QED) is 0.680. The van der Waals surface area contributed by atoms with Crippen LogP contribution in [0.2, 0.25) is 0 Å². The Morgan fingerprint density at radius 3 is 2.72 bits per heavy atom. The van der Waals surface area contributed by atoms with E-state index in [9.17, 15) is 9.59 Å². The van der Waals surface area contributed by atoms with Gasteiger partial charge in [0.05, 0.1) is 29.8 Å². The van der Waals surface area contributed by atoms with Gasteiger partial charge in [-0.1, -0.05) is 25.5 Å². The first-order valence-corrected chi connectivity index (χ1v) is 11.0. The number of methoxy groups -OCH3 is 1. The Kier molecular flexibility index (Phi) is 7.25. The molecule has 7 heteroatoms. The van der Waals surface area contributed by atoms with Crippen molar-refractivity contribution in [1.82, 2.24) is 15.2 Å². The average molecular weight is 416 g/mol. The Morgan fingerprint density at radius 2 is 2.10 bits per heavy atom. The van der Waals surface area contributed by atoms with Crippen molar-refractivity contribution in [3.8, 4) is 5.75 Å². The Bertz CT molecular complexity index is 834. The molecule has 0 saturated carbocycles. The van der Waals surface area contributed by atoms with Crippen LogP contribution in [0.15, 0.2) is 29.6 Å². The summed E-state index contributed by atoms with van der Waals surface area (Å²) in [6.45, 7) is 5.28. The lowest BCUT2D eigenvalue weighted by Gasteiger charge is -2.28. The van der Waals surface area contributed by atoms with E-state index in [0.717, 1.165) is 34.9 Å². The lowest BCUT2D eigenvalue weighted by molar-refractivity contribution is -0.129. The zero-order valence-electron chi connectivity index (χ0n) is 17.3. The molecule has 29 heavy (non-hydrogen) atoms. The number of unbranched alkanes of at least 4 members (excludes halogenated alkanes) is 1. The lowest BCUT2D eigenvalue weighted by atomic mass is 9.92. The van der Waals surface area contributed by atoms with E-state index in [1.54, 1.807) is 18.4 Å². The maximum atomic E-state index is 13.0. The van der Waals surface area contributed by atoms with E-state index in [1.807, 2.05) is 41.5 Å². The monoisotopic (exact) mass is 415 g/mol. The molecule has 2 aromatic rings. The molecule has 0 bridgehead atoms. The highest BCUT2D eigenvalue weighted by atomic mass is 32.1. The Morgan fingerprint density at radius 1 is 1.34 bits per heavy atom. The zero-order chi connectivity index (χ0) is 20.8. The fraction of sp³-hybridized carbons (Fsp3) is 0.500. The molecule has 1 aliphatic rings. The lowest BCUT2D eigenvalue weighted by Crippen LogP contribution is -2.36. The largest absolute Gasteiger partial charge is 0.497 e. The number of nitrogens with one attached hydrogen (secondary N) is 1. The van der Waals surface area contributed by atoms with Gasteiger partial charge in [-0.2, -0.15) is 0 Å². The molecular weight excluding hydrogens is 386 g/mol. The van der Waals surface area contributed by atoms with Gasteiger partial charge < -0.3 is 15.0 Å². The van der Waals surface area contributed by atoms with Crippen molar-refractivity contribution in [2.24, 2.45) is 5.92 Å². The van der Waals surface area contributed by atoms with Crippen LogP contribution < -0.4 is 10.1 Å². The molecule has 1 saturated heterocycles. The molecule has 1 aromatic heterocycles. The second-order valence-electron chi connectivity index (χ2n) is 7.37. The van der Waals surface area contributed by atoms with E-state index < -0.39 is 0 Å². The number of ether oxygens (including phenoxy) is 1. The highest BCUT2D eigenvalue weighted by molar-refractivity contribution is 7.09. The molecule has 2 heterocycles. The number of hydrogen-bond donors (Lipinski definition) is 1. The number of carbonyl (C=O) groups is 2. The normalized spacial score (nSPS) is 18.9. The first kappa shape index (κ1) is 21.3.